The molecule has 0 saturated heterocycles. The van der Waals surface area contributed by atoms with Crippen molar-refractivity contribution in [1.29, 1.82) is 5.26 Å². The number of phenols is 1. The maximum atomic E-state index is 10.6. The topological polar surface area (TPSA) is 99.1 Å². The first-order chi connectivity index (χ1) is 6.54. The number of nitrogens with one attached hydrogen (secondary N) is 1. The number of carbonyl (C=O) groups excluding carboxylic acids is 1. The van der Waals surface area contributed by atoms with Crippen LogP contribution < -0.4 is 11.1 Å². The summed E-state index contributed by atoms with van der Waals surface area (Å²) in [6, 6.07) is 3.85. The molecule has 0 unspecified atom stereocenters. The second-order valence-corrected chi connectivity index (χ2v) is 3.61. The molecule has 6 heteroatoms. The van der Waals surface area contributed by atoms with E-state index in [9.17, 15) is 9.90 Å². The van der Waals surface area contributed by atoms with Gasteiger partial charge >= 0.3 is 6.03 Å². The van der Waals surface area contributed by atoms with Crippen LogP contribution in [0.2, 0.25) is 0 Å². The Hall–Kier alpha value is -1.49. The number of anilines is 1. The lowest BCUT2D eigenvalue weighted by Crippen LogP contribution is -2.19. The minimum absolute atomic E-state index is 0.00616. The van der Waals surface area contributed by atoms with Crippen molar-refractivity contribution in [2.45, 2.75) is 0 Å². The Bertz CT molecular complexity index is 425. The second kappa shape index (κ2) is 4.15. The van der Waals surface area contributed by atoms with Gasteiger partial charge in [-0.2, -0.15) is 5.26 Å². The lowest BCUT2D eigenvalue weighted by Gasteiger charge is -2.05. The molecule has 4 N–H and O–H groups in total. The first kappa shape index (κ1) is 10.6. The summed E-state index contributed by atoms with van der Waals surface area (Å²) in [7, 11) is 0. The van der Waals surface area contributed by atoms with Gasteiger partial charge in [-0.25, -0.2) is 4.79 Å². The molecule has 14 heavy (non-hydrogen) atoms. The molecule has 0 fully saturated rings. The molecule has 0 aliphatic heterocycles. The fourth-order valence-corrected chi connectivity index (χ4v) is 1.36. The predicted octanol–water partition coefficient (Wildman–Crippen LogP) is 1.36. The lowest BCUT2D eigenvalue weighted by atomic mass is 10.2. The third-order valence-corrected chi connectivity index (χ3v) is 2.33. The second-order valence-electron chi connectivity index (χ2n) is 2.45. The van der Waals surface area contributed by atoms with Gasteiger partial charge in [0.2, 0.25) is 0 Å². The van der Waals surface area contributed by atoms with Crippen LogP contribution >= 0.6 is 22.6 Å². The Morgan fingerprint density at radius 1 is 1.64 bits per heavy atom. The van der Waals surface area contributed by atoms with E-state index in [0.717, 1.165) is 0 Å². The van der Waals surface area contributed by atoms with Crippen molar-refractivity contribution < 1.29 is 9.90 Å². The van der Waals surface area contributed by atoms with Gasteiger partial charge in [0.25, 0.3) is 0 Å². The van der Waals surface area contributed by atoms with Gasteiger partial charge in [-0.05, 0) is 28.7 Å². The summed E-state index contributed by atoms with van der Waals surface area (Å²) >= 11 is 1.88. The van der Waals surface area contributed by atoms with Crippen molar-refractivity contribution in [2.75, 3.05) is 5.32 Å². The molecule has 2 amide bonds. The van der Waals surface area contributed by atoms with Crippen LogP contribution in [0.3, 0.4) is 0 Å². The average molecular weight is 303 g/mol. The van der Waals surface area contributed by atoms with Crippen LogP contribution in [0.25, 0.3) is 0 Å². The highest BCUT2D eigenvalue weighted by atomic mass is 127. The number of rotatable bonds is 1. The Morgan fingerprint density at radius 2 is 2.29 bits per heavy atom. The third-order valence-electron chi connectivity index (χ3n) is 1.47. The summed E-state index contributed by atoms with van der Waals surface area (Å²) in [5.41, 5.74) is 5.36. The van der Waals surface area contributed by atoms with Gasteiger partial charge in [0, 0.05) is 6.07 Å². The fraction of sp³-hybridized carbons (Fsp3) is 0. The highest BCUT2D eigenvalue weighted by Crippen LogP contribution is 2.26. The van der Waals surface area contributed by atoms with Crippen LogP contribution in [-0.4, -0.2) is 11.1 Å². The normalized spacial score (nSPS) is 9.14. The number of urea groups is 1. The number of benzene rings is 1. The summed E-state index contributed by atoms with van der Waals surface area (Å²) < 4.78 is 0.536. The quantitative estimate of drug-likeness (QED) is 0.683. The third kappa shape index (κ3) is 2.26. The molecular weight excluding hydrogens is 297 g/mol. The number of halogens is 1. The summed E-state index contributed by atoms with van der Waals surface area (Å²) in [5.74, 6) is -0.00616. The van der Waals surface area contributed by atoms with Crippen LogP contribution in [-0.2, 0) is 0 Å². The van der Waals surface area contributed by atoms with E-state index in [-0.39, 0.29) is 17.0 Å². The van der Waals surface area contributed by atoms with Gasteiger partial charge in [0.05, 0.1) is 14.8 Å². The van der Waals surface area contributed by atoms with Crippen LogP contribution in [0.1, 0.15) is 5.56 Å². The monoisotopic (exact) mass is 303 g/mol. The molecule has 72 valence electrons. The van der Waals surface area contributed by atoms with Crippen molar-refractivity contribution in [1.82, 2.24) is 0 Å². The molecule has 0 bridgehead atoms. The number of nitrogens with zero attached hydrogens (tertiary/aromatic N) is 1. The van der Waals surface area contributed by atoms with Crippen LogP contribution in [0.15, 0.2) is 12.1 Å². The Balaban J connectivity index is 3.22. The molecule has 0 radical (unpaired) electrons. The van der Waals surface area contributed by atoms with E-state index >= 15 is 0 Å². The number of hydrogen-bond donors (Lipinski definition) is 3. The Kier molecular flexibility index (Phi) is 3.14. The summed E-state index contributed by atoms with van der Waals surface area (Å²) in [5, 5.41) is 20.3. The molecule has 0 heterocycles. The maximum absolute atomic E-state index is 10.6. The van der Waals surface area contributed by atoms with Gasteiger partial charge in [0.1, 0.15) is 11.8 Å². The number of phenolic OH excluding ortho intramolecular Hbond substituents is 1. The molecular formula is C8H6IN3O2. The Morgan fingerprint density at radius 3 is 2.79 bits per heavy atom. The molecule has 0 aliphatic rings. The number of carbonyl (C=O) groups is 1. The van der Waals surface area contributed by atoms with Gasteiger partial charge in [0.15, 0.2) is 0 Å². The zero-order valence-corrected chi connectivity index (χ0v) is 9.07. The molecule has 0 spiro atoms. The zero-order valence-electron chi connectivity index (χ0n) is 6.91. The summed E-state index contributed by atoms with van der Waals surface area (Å²) in [4.78, 5) is 10.6. The average Bonchev–Trinajstić information content (AvgIpc) is 2.10. The van der Waals surface area contributed by atoms with E-state index in [1.54, 1.807) is 0 Å². The smallest absolute Gasteiger partial charge is 0.316 e. The SMILES string of the molecule is N#Cc1cc(I)c(O)cc1NC(N)=O. The van der Waals surface area contributed by atoms with Crippen molar-refractivity contribution >= 4 is 34.3 Å². The Labute approximate surface area is 93.7 Å². The highest BCUT2D eigenvalue weighted by molar-refractivity contribution is 14.1. The standard InChI is InChI=1S/C8H6IN3O2/c9-5-1-4(3-10)6(2-7(5)13)12-8(11)14/h1-2,13H,(H3,11,12,14). The lowest BCUT2D eigenvalue weighted by molar-refractivity contribution is 0.259. The molecule has 0 aliphatic carbocycles. The van der Waals surface area contributed by atoms with Gasteiger partial charge in [-0.1, -0.05) is 0 Å². The largest absolute Gasteiger partial charge is 0.507 e. The van der Waals surface area contributed by atoms with Crippen LogP contribution in [0.4, 0.5) is 10.5 Å². The molecule has 1 rings (SSSR count). The van der Waals surface area contributed by atoms with E-state index in [0.29, 0.717) is 3.57 Å². The number of amides is 2. The highest BCUT2D eigenvalue weighted by Gasteiger charge is 2.08. The van der Waals surface area contributed by atoms with Crippen molar-refractivity contribution in [3.8, 4) is 11.8 Å². The number of nitrogens with two attached hydrogens (primary N) is 1. The number of nitriles is 1. The van der Waals surface area contributed by atoms with E-state index in [1.807, 2.05) is 28.7 Å². The van der Waals surface area contributed by atoms with E-state index < -0.39 is 6.03 Å². The van der Waals surface area contributed by atoms with Crippen molar-refractivity contribution in [3.63, 3.8) is 0 Å². The molecule has 0 aromatic heterocycles. The van der Waals surface area contributed by atoms with Crippen LogP contribution in [0, 0.1) is 14.9 Å². The molecule has 5 nitrogen and oxygen atoms in total. The fourth-order valence-electron chi connectivity index (χ4n) is 0.890. The number of aromatic hydroxyl groups is 1. The van der Waals surface area contributed by atoms with Gasteiger partial charge in [-0.15, -0.1) is 0 Å². The van der Waals surface area contributed by atoms with Gasteiger partial charge < -0.3 is 16.2 Å². The number of primary amides is 1. The van der Waals surface area contributed by atoms with E-state index in [2.05, 4.69) is 5.32 Å². The predicted molar refractivity (Wildman–Crippen MR) is 58.7 cm³/mol. The van der Waals surface area contributed by atoms with Crippen molar-refractivity contribution in [3.05, 3.63) is 21.3 Å². The minimum atomic E-state index is -0.776. The first-order valence-electron chi connectivity index (χ1n) is 3.53. The minimum Gasteiger partial charge on any atom is -0.507 e. The molecule has 0 saturated carbocycles. The van der Waals surface area contributed by atoms with Crippen LogP contribution in [0.5, 0.6) is 5.75 Å². The van der Waals surface area contributed by atoms with Gasteiger partial charge in [-0.3, -0.25) is 0 Å². The van der Waals surface area contributed by atoms with Crippen molar-refractivity contribution in [2.24, 2.45) is 5.73 Å². The molecule has 1 aromatic carbocycles. The molecule has 0 atom stereocenters. The summed E-state index contributed by atoms with van der Waals surface area (Å²) in [6.45, 7) is 0. The first-order valence-corrected chi connectivity index (χ1v) is 4.61. The maximum Gasteiger partial charge on any atom is 0.316 e. The zero-order chi connectivity index (χ0) is 10.7. The number of hydrogen-bond acceptors (Lipinski definition) is 3. The van der Waals surface area contributed by atoms with E-state index in [4.69, 9.17) is 11.0 Å². The van der Waals surface area contributed by atoms with E-state index in [1.165, 1.54) is 12.1 Å². The molecule has 1 aromatic rings. The summed E-state index contributed by atoms with van der Waals surface area (Å²) in [6.07, 6.45) is 0.